The number of aryl methyl sites for hydroxylation is 2. The molecule has 1 heterocycles. The van der Waals surface area contributed by atoms with E-state index in [2.05, 4.69) is 52.4 Å². The van der Waals surface area contributed by atoms with Crippen LogP contribution in [0.25, 0.3) is 11.0 Å². The van der Waals surface area contributed by atoms with E-state index in [1.54, 1.807) is 0 Å². The highest BCUT2D eigenvalue weighted by atomic mass is 15.0. The Kier molecular flexibility index (Phi) is 3.99. The Labute approximate surface area is 108 Å². The van der Waals surface area contributed by atoms with Crippen molar-refractivity contribution >= 4 is 11.0 Å². The van der Waals surface area contributed by atoms with E-state index in [4.69, 9.17) is 0 Å². The summed E-state index contributed by atoms with van der Waals surface area (Å²) in [4.78, 5) is 4.59. The first-order valence-corrected chi connectivity index (χ1v) is 6.48. The third kappa shape index (κ3) is 2.40. The largest absolute Gasteiger partial charge is 0.331 e. The average Bonchev–Trinajstić information content (AvgIpc) is 2.66. The van der Waals surface area contributed by atoms with Gasteiger partial charge in [0.2, 0.25) is 0 Å². The fourth-order valence-corrected chi connectivity index (χ4v) is 2.23. The molecule has 0 aliphatic heterocycles. The Hall–Kier alpha value is -1.39. The number of imidazole rings is 1. The van der Waals surface area contributed by atoms with E-state index in [0.29, 0.717) is 6.04 Å². The van der Waals surface area contributed by atoms with Gasteiger partial charge in [-0.1, -0.05) is 13.0 Å². The first-order valence-electron chi connectivity index (χ1n) is 6.48. The summed E-state index contributed by atoms with van der Waals surface area (Å²) in [6, 6.07) is 6.85. The number of benzene rings is 1. The Morgan fingerprint density at radius 1 is 1.39 bits per heavy atom. The highest BCUT2D eigenvalue weighted by Gasteiger charge is 2.11. The Bertz CT molecular complexity index is 530. The molecule has 1 atom stereocenters. The second-order valence-corrected chi connectivity index (χ2v) is 4.62. The smallest absolute Gasteiger partial charge is 0.106 e. The molecular weight excluding hydrogens is 224 g/mol. The quantitative estimate of drug-likeness (QED) is 0.844. The number of aromatic nitrogens is 2. The van der Waals surface area contributed by atoms with E-state index < -0.39 is 0 Å². The van der Waals surface area contributed by atoms with Crippen LogP contribution in [0.3, 0.4) is 0 Å². The van der Waals surface area contributed by atoms with Crippen LogP contribution in [-0.4, -0.2) is 29.7 Å². The molecule has 0 spiro atoms. The summed E-state index contributed by atoms with van der Waals surface area (Å²) >= 11 is 0. The van der Waals surface area contributed by atoms with Crippen molar-refractivity contribution in [2.45, 2.75) is 19.9 Å². The molecule has 1 aromatic carbocycles. The summed E-state index contributed by atoms with van der Waals surface area (Å²) in [6.07, 6.45) is 0. The summed E-state index contributed by atoms with van der Waals surface area (Å²) in [7, 11) is 4.05. The summed E-state index contributed by atoms with van der Waals surface area (Å²) in [5, 5.41) is 6.72. The fourth-order valence-electron chi connectivity index (χ4n) is 2.23. The average molecular weight is 246 g/mol. The predicted octanol–water partition coefficient (Wildman–Crippen LogP) is 1.75. The van der Waals surface area contributed by atoms with Crippen LogP contribution in [0.2, 0.25) is 0 Å². The SMILES string of the molecule is CCNCC(NC)c1ccc2c(c1)nc(C)n2C. The fraction of sp³-hybridized carbons (Fsp3) is 0.500. The molecule has 4 heteroatoms. The van der Waals surface area contributed by atoms with Crippen LogP contribution in [0.4, 0.5) is 0 Å². The number of hydrogen-bond donors (Lipinski definition) is 2. The third-order valence-corrected chi connectivity index (χ3v) is 3.48. The van der Waals surface area contributed by atoms with Crippen LogP contribution in [0.1, 0.15) is 24.4 Å². The summed E-state index contributed by atoms with van der Waals surface area (Å²) in [5.74, 6) is 1.05. The first kappa shape index (κ1) is 13.1. The van der Waals surface area contributed by atoms with Gasteiger partial charge in [-0.25, -0.2) is 4.98 Å². The molecular formula is C14H22N4. The molecule has 0 aliphatic carbocycles. The van der Waals surface area contributed by atoms with Crippen LogP contribution in [-0.2, 0) is 7.05 Å². The van der Waals surface area contributed by atoms with Crippen LogP contribution < -0.4 is 10.6 Å². The van der Waals surface area contributed by atoms with E-state index in [0.717, 1.165) is 24.4 Å². The number of nitrogens with zero attached hydrogens (tertiary/aromatic N) is 2. The minimum atomic E-state index is 0.330. The summed E-state index contributed by atoms with van der Waals surface area (Å²) < 4.78 is 2.12. The number of nitrogens with one attached hydrogen (secondary N) is 2. The topological polar surface area (TPSA) is 41.9 Å². The second-order valence-electron chi connectivity index (χ2n) is 4.62. The van der Waals surface area contributed by atoms with Gasteiger partial charge in [0.1, 0.15) is 5.82 Å². The van der Waals surface area contributed by atoms with Crippen LogP contribution in [0, 0.1) is 6.92 Å². The van der Waals surface area contributed by atoms with Crippen molar-refractivity contribution < 1.29 is 0 Å². The molecule has 4 nitrogen and oxygen atoms in total. The molecule has 0 saturated heterocycles. The predicted molar refractivity (Wildman–Crippen MR) is 75.8 cm³/mol. The van der Waals surface area contributed by atoms with Gasteiger partial charge < -0.3 is 15.2 Å². The molecule has 0 aliphatic rings. The van der Waals surface area contributed by atoms with E-state index in [1.165, 1.54) is 11.1 Å². The van der Waals surface area contributed by atoms with Gasteiger partial charge in [-0.3, -0.25) is 0 Å². The number of likely N-dealkylation sites (N-methyl/N-ethyl adjacent to an activating group) is 2. The Balaban J connectivity index is 2.33. The van der Waals surface area contributed by atoms with Gasteiger partial charge in [0, 0.05) is 19.6 Å². The highest BCUT2D eigenvalue weighted by molar-refractivity contribution is 5.76. The van der Waals surface area contributed by atoms with Gasteiger partial charge in [-0.2, -0.15) is 0 Å². The van der Waals surface area contributed by atoms with Crippen molar-refractivity contribution in [2.24, 2.45) is 7.05 Å². The van der Waals surface area contributed by atoms with E-state index >= 15 is 0 Å². The van der Waals surface area contributed by atoms with Gasteiger partial charge in [0.25, 0.3) is 0 Å². The number of hydrogen-bond acceptors (Lipinski definition) is 3. The lowest BCUT2D eigenvalue weighted by Crippen LogP contribution is -2.29. The molecule has 0 amide bonds. The van der Waals surface area contributed by atoms with Crippen molar-refractivity contribution in [2.75, 3.05) is 20.1 Å². The molecule has 2 N–H and O–H groups in total. The molecule has 2 rings (SSSR count). The number of fused-ring (bicyclic) bond motifs is 1. The van der Waals surface area contributed by atoms with Crippen LogP contribution >= 0.6 is 0 Å². The third-order valence-electron chi connectivity index (χ3n) is 3.48. The van der Waals surface area contributed by atoms with Gasteiger partial charge in [-0.15, -0.1) is 0 Å². The van der Waals surface area contributed by atoms with Crippen molar-refractivity contribution in [1.82, 2.24) is 20.2 Å². The Morgan fingerprint density at radius 2 is 2.17 bits per heavy atom. The minimum absolute atomic E-state index is 0.330. The molecule has 0 radical (unpaired) electrons. The monoisotopic (exact) mass is 246 g/mol. The van der Waals surface area contributed by atoms with Gasteiger partial charge in [0.05, 0.1) is 11.0 Å². The maximum absolute atomic E-state index is 4.59. The second kappa shape index (κ2) is 5.50. The van der Waals surface area contributed by atoms with Crippen molar-refractivity contribution in [3.05, 3.63) is 29.6 Å². The highest BCUT2D eigenvalue weighted by Crippen LogP contribution is 2.20. The number of rotatable bonds is 5. The van der Waals surface area contributed by atoms with Crippen LogP contribution in [0.5, 0.6) is 0 Å². The maximum Gasteiger partial charge on any atom is 0.106 e. The first-order chi connectivity index (χ1) is 8.67. The lowest BCUT2D eigenvalue weighted by atomic mass is 10.1. The molecule has 2 aromatic rings. The van der Waals surface area contributed by atoms with Gasteiger partial charge >= 0.3 is 0 Å². The lowest BCUT2D eigenvalue weighted by molar-refractivity contribution is 0.539. The Morgan fingerprint density at radius 3 is 2.83 bits per heavy atom. The maximum atomic E-state index is 4.59. The molecule has 1 unspecified atom stereocenters. The summed E-state index contributed by atoms with van der Waals surface area (Å²) in [6.45, 7) is 6.08. The van der Waals surface area contributed by atoms with Crippen molar-refractivity contribution in [3.8, 4) is 0 Å². The molecule has 1 aromatic heterocycles. The molecule has 0 saturated carbocycles. The zero-order valence-corrected chi connectivity index (χ0v) is 11.6. The van der Waals surface area contributed by atoms with Crippen LogP contribution in [0.15, 0.2) is 18.2 Å². The van der Waals surface area contributed by atoms with Gasteiger partial charge in [-0.05, 0) is 38.2 Å². The minimum Gasteiger partial charge on any atom is -0.331 e. The van der Waals surface area contributed by atoms with E-state index in [9.17, 15) is 0 Å². The van der Waals surface area contributed by atoms with E-state index in [-0.39, 0.29) is 0 Å². The summed E-state index contributed by atoms with van der Waals surface area (Å²) in [5.41, 5.74) is 3.54. The van der Waals surface area contributed by atoms with E-state index in [1.807, 2.05) is 14.0 Å². The lowest BCUT2D eigenvalue weighted by Gasteiger charge is -2.17. The molecule has 98 valence electrons. The van der Waals surface area contributed by atoms with Crippen molar-refractivity contribution in [3.63, 3.8) is 0 Å². The normalized spacial score (nSPS) is 13.1. The molecule has 18 heavy (non-hydrogen) atoms. The standard InChI is InChI=1S/C14H22N4/c1-5-16-9-13(15-3)11-6-7-14-12(8-11)17-10(2)18(14)4/h6-8,13,15-16H,5,9H2,1-4H3. The van der Waals surface area contributed by atoms with Gasteiger partial charge in [0.15, 0.2) is 0 Å². The van der Waals surface area contributed by atoms with Crippen molar-refractivity contribution in [1.29, 1.82) is 0 Å². The zero-order chi connectivity index (χ0) is 13.1. The zero-order valence-electron chi connectivity index (χ0n) is 11.6. The molecule has 0 bridgehead atoms. The molecule has 0 fully saturated rings.